The Hall–Kier alpha value is -3.23. The normalized spacial score (nSPS) is 11.9. The van der Waals surface area contributed by atoms with E-state index in [1.165, 1.54) is 24.3 Å². The second-order valence-electron chi connectivity index (χ2n) is 10.4. The number of ether oxygens (including phenoxy) is 1. The molecule has 0 aliphatic rings. The Balaban J connectivity index is 1.79. The lowest BCUT2D eigenvalue weighted by Crippen LogP contribution is -2.23. The van der Waals surface area contributed by atoms with Crippen molar-refractivity contribution in [2.45, 2.75) is 46.6 Å². The van der Waals surface area contributed by atoms with Crippen LogP contribution in [-0.4, -0.2) is 30.7 Å². The summed E-state index contributed by atoms with van der Waals surface area (Å²) < 4.78 is 73.2. The maximum absolute atomic E-state index is 15.0. The standard InChI is InChI=1S/C29H31BF4NO4P/c1-5-39-26-13-19(9-11-24(26)30(4)40-38)18-6-7-20(25(31)12-18)14-27(37)35-22-10-8-21(16-28(2,3)17-36)23(15-22)29(32,33)34/h6-13,15,36H,5,14,16-17H2,1-4H3,(H,35,37). The van der Waals surface area contributed by atoms with E-state index in [9.17, 15) is 32.0 Å². The molecule has 0 fully saturated rings. The highest BCUT2D eigenvalue weighted by Crippen LogP contribution is 2.36. The number of nitrogens with one attached hydrogen (secondary N) is 1. The van der Waals surface area contributed by atoms with Crippen molar-refractivity contribution < 1.29 is 36.8 Å². The number of benzene rings is 3. The first-order chi connectivity index (χ1) is 18.8. The van der Waals surface area contributed by atoms with Gasteiger partial charge in [0.1, 0.15) is 19.9 Å². The Morgan fingerprint density at radius 1 is 1.02 bits per heavy atom. The van der Waals surface area contributed by atoms with E-state index in [-0.39, 0.29) is 51.0 Å². The highest BCUT2D eigenvalue weighted by molar-refractivity contribution is 7.69. The molecule has 1 amide bonds. The van der Waals surface area contributed by atoms with Crippen molar-refractivity contribution in [3.8, 4) is 16.9 Å². The van der Waals surface area contributed by atoms with E-state index in [4.69, 9.17) is 4.74 Å². The highest BCUT2D eigenvalue weighted by atomic mass is 31.1. The zero-order valence-corrected chi connectivity index (χ0v) is 23.6. The molecule has 11 heteroatoms. The lowest BCUT2D eigenvalue weighted by atomic mass is 9.70. The van der Waals surface area contributed by atoms with Crippen LogP contribution in [0, 0.1) is 11.2 Å². The Kier molecular flexibility index (Phi) is 10.1. The van der Waals surface area contributed by atoms with Gasteiger partial charge in [-0.25, -0.2) is 4.39 Å². The molecule has 3 rings (SSSR count). The first kappa shape index (κ1) is 31.3. The van der Waals surface area contributed by atoms with E-state index in [1.54, 1.807) is 44.9 Å². The first-order valence-electron chi connectivity index (χ1n) is 12.8. The molecule has 5 nitrogen and oxygen atoms in total. The summed E-state index contributed by atoms with van der Waals surface area (Å²) in [4.78, 5) is 12.6. The minimum atomic E-state index is -4.66. The quantitative estimate of drug-likeness (QED) is 0.150. The molecule has 0 spiro atoms. The molecule has 0 aliphatic carbocycles. The van der Waals surface area contributed by atoms with Crippen molar-refractivity contribution in [2.24, 2.45) is 5.41 Å². The number of amides is 1. The SMILES string of the molecule is CCOc1cc(-c2ccc(CC(=O)Nc3ccc(CC(C)(C)CO)c(C(F)(F)F)c3)c(F)c2)ccc1B(C)P=O. The lowest BCUT2D eigenvalue weighted by molar-refractivity contribution is -0.138. The molecule has 0 heterocycles. The second-order valence-corrected chi connectivity index (χ2v) is 11.4. The molecule has 0 saturated heterocycles. The van der Waals surface area contributed by atoms with E-state index in [0.29, 0.717) is 23.5 Å². The third-order valence-electron chi connectivity index (χ3n) is 6.46. The summed E-state index contributed by atoms with van der Waals surface area (Å²) in [6.07, 6.45) is -5.31. The van der Waals surface area contributed by atoms with E-state index in [1.807, 2.05) is 6.92 Å². The van der Waals surface area contributed by atoms with Gasteiger partial charge in [-0.3, -0.25) is 9.36 Å². The Morgan fingerprint density at radius 3 is 2.27 bits per heavy atom. The number of halogens is 4. The Labute approximate surface area is 233 Å². The van der Waals surface area contributed by atoms with Crippen LogP contribution in [0.25, 0.3) is 11.1 Å². The van der Waals surface area contributed by atoms with Crippen LogP contribution in [0.3, 0.4) is 0 Å². The van der Waals surface area contributed by atoms with Crippen LogP contribution < -0.4 is 15.5 Å². The molecule has 0 radical (unpaired) electrons. The van der Waals surface area contributed by atoms with Crippen molar-refractivity contribution in [3.05, 3.63) is 77.1 Å². The molecule has 3 aromatic carbocycles. The summed E-state index contributed by atoms with van der Waals surface area (Å²) in [5, 5.41) is 11.9. The smallest absolute Gasteiger partial charge is 0.416 e. The summed E-state index contributed by atoms with van der Waals surface area (Å²) in [5.74, 6) is -0.764. The molecule has 0 atom stereocenters. The number of carbonyl (C=O) groups is 1. The molecular formula is C29H31BF4NO4P. The largest absolute Gasteiger partial charge is 0.494 e. The number of hydrogen-bond donors (Lipinski definition) is 2. The average molecular weight is 575 g/mol. The van der Waals surface area contributed by atoms with Crippen LogP contribution >= 0.6 is 8.34 Å². The molecule has 0 aliphatic heterocycles. The van der Waals surface area contributed by atoms with Crippen LogP contribution in [0.2, 0.25) is 6.82 Å². The molecule has 0 unspecified atom stereocenters. The van der Waals surface area contributed by atoms with Crippen LogP contribution in [0.5, 0.6) is 5.75 Å². The fraction of sp³-hybridized carbons (Fsp3) is 0.345. The van der Waals surface area contributed by atoms with Crippen molar-refractivity contribution >= 4 is 31.8 Å². The van der Waals surface area contributed by atoms with Crippen molar-refractivity contribution in [1.29, 1.82) is 0 Å². The van der Waals surface area contributed by atoms with E-state index >= 15 is 0 Å². The highest BCUT2D eigenvalue weighted by Gasteiger charge is 2.35. The van der Waals surface area contributed by atoms with Gasteiger partial charge in [0.2, 0.25) is 5.91 Å². The van der Waals surface area contributed by atoms with Gasteiger partial charge in [0.05, 0.1) is 18.6 Å². The number of alkyl halides is 3. The predicted molar refractivity (Wildman–Crippen MR) is 150 cm³/mol. The van der Waals surface area contributed by atoms with Gasteiger partial charge in [-0.15, -0.1) is 0 Å². The van der Waals surface area contributed by atoms with Crippen LogP contribution in [0.1, 0.15) is 37.5 Å². The lowest BCUT2D eigenvalue weighted by Gasteiger charge is -2.24. The maximum atomic E-state index is 15.0. The van der Waals surface area contributed by atoms with Gasteiger partial charge >= 0.3 is 6.18 Å². The van der Waals surface area contributed by atoms with E-state index < -0.39 is 28.9 Å². The molecule has 0 saturated carbocycles. The van der Waals surface area contributed by atoms with Crippen molar-refractivity contribution in [2.75, 3.05) is 18.5 Å². The summed E-state index contributed by atoms with van der Waals surface area (Å²) in [5.41, 5.74) is 0.344. The second kappa shape index (κ2) is 13.0. The van der Waals surface area contributed by atoms with Gasteiger partial charge in [0, 0.05) is 12.3 Å². The van der Waals surface area contributed by atoms with Gasteiger partial charge in [-0.05, 0) is 70.7 Å². The first-order valence-corrected chi connectivity index (χ1v) is 13.6. The summed E-state index contributed by atoms with van der Waals surface area (Å²) in [6.45, 7) is 7.05. The Morgan fingerprint density at radius 2 is 1.68 bits per heavy atom. The van der Waals surface area contributed by atoms with Gasteiger partial charge in [-0.1, -0.05) is 51.0 Å². The topological polar surface area (TPSA) is 75.6 Å². The van der Waals surface area contributed by atoms with Gasteiger partial charge < -0.3 is 15.2 Å². The molecule has 212 valence electrons. The van der Waals surface area contributed by atoms with Crippen LogP contribution in [-0.2, 0) is 28.4 Å². The zero-order chi connectivity index (χ0) is 29.7. The molecule has 0 bridgehead atoms. The minimum Gasteiger partial charge on any atom is -0.494 e. The number of aliphatic hydroxyl groups excluding tert-OH is 1. The maximum Gasteiger partial charge on any atom is 0.416 e. The number of hydrogen-bond acceptors (Lipinski definition) is 4. The summed E-state index contributed by atoms with van der Waals surface area (Å²) in [7, 11) is -0.0506. The summed E-state index contributed by atoms with van der Waals surface area (Å²) in [6, 6.07) is 13.2. The Bertz CT molecular complexity index is 1380. The van der Waals surface area contributed by atoms with Gasteiger partial charge in [-0.2, -0.15) is 13.2 Å². The fourth-order valence-corrected chi connectivity index (χ4v) is 4.62. The molecule has 2 N–H and O–H groups in total. The summed E-state index contributed by atoms with van der Waals surface area (Å²) >= 11 is 0. The van der Waals surface area contributed by atoms with E-state index in [2.05, 4.69) is 5.32 Å². The van der Waals surface area contributed by atoms with Crippen molar-refractivity contribution in [3.63, 3.8) is 0 Å². The molecule has 40 heavy (non-hydrogen) atoms. The average Bonchev–Trinajstić information content (AvgIpc) is 2.89. The number of carbonyl (C=O) groups excluding carboxylic acids is 1. The van der Waals surface area contributed by atoms with Gasteiger partial charge in [0.15, 0.2) is 0 Å². The molecular weight excluding hydrogens is 544 g/mol. The number of rotatable bonds is 11. The zero-order valence-electron chi connectivity index (χ0n) is 22.7. The number of aliphatic hydroxyl groups is 1. The minimum absolute atomic E-state index is 0.00373. The van der Waals surface area contributed by atoms with Crippen LogP contribution in [0.15, 0.2) is 54.6 Å². The monoisotopic (exact) mass is 575 g/mol. The molecule has 0 aromatic heterocycles. The molecule has 3 aromatic rings. The van der Waals surface area contributed by atoms with Crippen molar-refractivity contribution in [1.82, 2.24) is 0 Å². The predicted octanol–water partition coefficient (Wildman–Crippen LogP) is 6.77. The fourth-order valence-electron chi connectivity index (χ4n) is 4.29. The number of anilines is 1. The van der Waals surface area contributed by atoms with E-state index in [0.717, 1.165) is 11.5 Å². The van der Waals surface area contributed by atoms with Crippen LogP contribution in [0.4, 0.5) is 23.2 Å². The third-order valence-corrected chi connectivity index (χ3v) is 7.05. The van der Waals surface area contributed by atoms with Gasteiger partial charge in [0.25, 0.3) is 6.43 Å². The third kappa shape index (κ3) is 7.92.